The highest BCUT2D eigenvalue weighted by atomic mass is 19.1. The number of halogens is 4. The fourth-order valence-corrected chi connectivity index (χ4v) is 17.1. The van der Waals surface area contributed by atoms with Crippen LogP contribution in [0.15, 0.2) is 280 Å². The van der Waals surface area contributed by atoms with Gasteiger partial charge in [-0.3, -0.25) is 14.4 Å². The van der Waals surface area contributed by atoms with E-state index in [9.17, 15) is 36.7 Å². The van der Waals surface area contributed by atoms with E-state index in [1.807, 2.05) is 146 Å². The maximum absolute atomic E-state index is 14.9. The lowest BCUT2D eigenvalue weighted by atomic mass is 9.81. The summed E-state index contributed by atoms with van der Waals surface area (Å²) in [5, 5.41) is 0. The zero-order valence-corrected chi connectivity index (χ0v) is 84.9. The van der Waals surface area contributed by atoms with Gasteiger partial charge < -0.3 is 42.7 Å². The Hall–Kier alpha value is -13.3. The molecule has 1 saturated carbocycles. The van der Waals surface area contributed by atoms with Crippen LogP contribution in [0, 0.1) is 29.2 Å². The molecule has 0 heterocycles. The Morgan fingerprint density at radius 3 is 0.755 bits per heavy atom. The van der Waals surface area contributed by atoms with Crippen LogP contribution in [0.5, 0.6) is 46.0 Å². The summed E-state index contributed by atoms with van der Waals surface area (Å²) in [6.07, 6.45) is 13.1. The first-order valence-electron chi connectivity index (χ1n) is 47.7. The molecule has 139 heavy (non-hydrogen) atoms. The molecule has 12 aromatic rings. The Bertz CT molecular complexity index is 6030. The summed E-state index contributed by atoms with van der Waals surface area (Å²) in [7, 11) is 6.33. The Balaban J connectivity index is 0.000000191. The molecule has 0 amide bonds. The van der Waals surface area contributed by atoms with E-state index < -0.39 is 0 Å². The molecule has 13 rings (SSSR count). The first kappa shape index (κ1) is 108. The van der Waals surface area contributed by atoms with Crippen LogP contribution in [-0.4, -0.2) is 51.6 Å². The monoisotopic (exact) mass is 1880 g/mol. The molecule has 1 unspecified atom stereocenters. The van der Waals surface area contributed by atoms with Crippen LogP contribution in [0.4, 0.5) is 17.6 Å². The summed E-state index contributed by atoms with van der Waals surface area (Å²) in [5.74, 6) is 5.97. The van der Waals surface area contributed by atoms with Crippen molar-refractivity contribution in [2.24, 2.45) is 5.92 Å². The molecule has 0 saturated heterocycles. The summed E-state index contributed by atoms with van der Waals surface area (Å²) < 4.78 is 105. The molecule has 0 aliphatic heterocycles. The van der Waals surface area contributed by atoms with Gasteiger partial charge in [0.25, 0.3) is 0 Å². The first-order chi connectivity index (χ1) is 66.0. The zero-order valence-electron chi connectivity index (χ0n) is 84.9. The third kappa shape index (κ3) is 31.1. The molecule has 16 heteroatoms. The number of benzene rings is 12. The number of methoxy groups -OCH3 is 4. The van der Waals surface area contributed by atoms with E-state index in [4.69, 9.17) is 37.9 Å². The standard InChI is InChI=1S/C32H37FO3.C31H35FO3.2C30H33FO3/c1-7-8-9-25(18-22(2)34)24-11-13-26(14-12-24)36-21-23-10-16-30(32(3,4)5)28(19-23)29-20-27(35-6)15-17-31(29)33;1-20(33)16-26(22-7-8-22)23-9-11-24(12-10-23)35-19-21-6-14-29(31(2,3)4)27(17-21)28-18-25(34-5)13-15-30(28)32;2*1-7-22(16-20(2)32)23-9-11-24(12-10-23)34-19-21-8-14-28(30(3,4)5)26(17-21)27-18-25(33-6)13-15-29(27)31/h8-17,19-20,25H,7,18,21H2,1-6H3;6,9-15,17-18,22,26H,7-8,16,19H2,1-5H3;2*7-15,17-18,22H,1,16,19H2,2-6H3/b9-8+;;;/t25-;;2*22-/m1.10/s1. The smallest absolute Gasteiger partial charge is 0.131 e. The predicted octanol–water partition coefficient (Wildman–Crippen LogP) is 31.5. The van der Waals surface area contributed by atoms with Gasteiger partial charge >= 0.3 is 0 Å². The van der Waals surface area contributed by atoms with Gasteiger partial charge in [-0.1, -0.05) is 211 Å². The number of carbonyl (C=O) groups excluding carboxylic acids is 4. The SMILES string of the molecule is C=C[C@@H](CC(C)=O)c1ccc(OCc2ccc(C(C)(C)C)c(-c3cc(OC)ccc3F)c2)cc1.C=C[C@H](CC(C)=O)c1ccc(OCc2ccc(C(C)(C)C)c(-c3cc(OC)ccc3F)c2)cc1.CC/C=C/[C@H](CC(C)=O)c1ccc(OCc2ccc(C(C)(C)C)c(-c3cc(OC)ccc3F)c2)cc1.COc1ccc(F)c(-c2cc(COc3ccc(C(CC(C)=O)C4CC4)cc3)ccc2C(C)(C)C)c1. The van der Waals surface area contributed by atoms with E-state index in [0.717, 1.165) is 113 Å². The van der Waals surface area contributed by atoms with Crippen LogP contribution in [0.2, 0.25) is 0 Å². The van der Waals surface area contributed by atoms with Crippen LogP contribution in [0.3, 0.4) is 0 Å². The van der Waals surface area contributed by atoms with Gasteiger partial charge in [-0.25, -0.2) is 17.6 Å². The summed E-state index contributed by atoms with van der Waals surface area (Å²) in [6, 6.07) is 75.1. The Morgan fingerprint density at radius 2 is 0.540 bits per heavy atom. The van der Waals surface area contributed by atoms with Crippen molar-refractivity contribution in [3.05, 3.63) is 370 Å². The second kappa shape index (κ2) is 49.3. The first-order valence-corrected chi connectivity index (χ1v) is 47.7. The molecular weight excluding hydrogens is 1750 g/mol. The van der Waals surface area contributed by atoms with Gasteiger partial charge in [0, 0.05) is 65.7 Å². The Morgan fingerprint density at radius 1 is 0.309 bits per heavy atom. The largest absolute Gasteiger partial charge is 0.497 e. The molecule has 0 aromatic heterocycles. The molecule has 1 aliphatic rings. The molecular formula is C123H138F4O12. The van der Waals surface area contributed by atoms with Crippen molar-refractivity contribution in [3.63, 3.8) is 0 Å². The van der Waals surface area contributed by atoms with E-state index in [2.05, 4.69) is 140 Å². The zero-order chi connectivity index (χ0) is 101. The van der Waals surface area contributed by atoms with Crippen molar-refractivity contribution < 1.29 is 74.6 Å². The summed E-state index contributed by atoms with van der Waals surface area (Å²) in [5.41, 5.74) is 17.1. The fourth-order valence-electron chi connectivity index (χ4n) is 17.1. The number of ketones is 4. The third-order valence-electron chi connectivity index (χ3n) is 24.7. The Labute approximate surface area is 822 Å². The van der Waals surface area contributed by atoms with Crippen molar-refractivity contribution in [1.82, 2.24) is 0 Å². The lowest BCUT2D eigenvalue weighted by Crippen LogP contribution is -2.13. The lowest BCUT2D eigenvalue weighted by Gasteiger charge is -2.24. The number of ether oxygens (including phenoxy) is 8. The molecule has 1 fully saturated rings. The molecule has 730 valence electrons. The summed E-state index contributed by atoms with van der Waals surface area (Å²) in [4.78, 5) is 46.4. The second-order valence-corrected chi connectivity index (χ2v) is 40.0. The predicted molar refractivity (Wildman–Crippen MR) is 556 cm³/mol. The number of carbonyl (C=O) groups is 4. The minimum Gasteiger partial charge on any atom is -0.497 e. The fraction of sp³-hybridized carbons (Fsp3) is 0.333. The topological polar surface area (TPSA) is 142 Å². The van der Waals surface area contributed by atoms with Crippen molar-refractivity contribution >= 4 is 23.1 Å². The number of hydrogen-bond acceptors (Lipinski definition) is 12. The molecule has 1 aliphatic carbocycles. The van der Waals surface area contributed by atoms with Gasteiger partial charge in [-0.05, 0) is 315 Å². The van der Waals surface area contributed by atoms with Gasteiger partial charge in [0.05, 0.1) is 28.4 Å². The van der Waals surface area contributed by atoms with Gasteiger partial charge in [0.1, 0.15) is 119 Å². The van der Waals surface area contributed by atoms with Crippen molar-refractivity contribution in [2.45, 2.75) is 234 Å². The lowest BCUT2D eigenvalue weighted by molar-refractivity contribution is -0.118. The highest BCUT2D eigenvalue weighted by Gasteiger charge is 2.34. The molecule has 4 atom stereocenters. The minimum atomic E-state index is -0.290. The normalized spacial score (nSPS) is 12.8. The van der Waals surface area contributed by atoms with E-state index in [1.54, 1.807) is 117 Å². The molecule has 0 bridgehead atoms. The van der Waals surface area contributed by atoms with E-state index in [-0.39, 0.29) is 85.8 Å². The molecule has 12 aromatic carbocycles. The number of hydrogen-bond donors (Lipinski definition) is 0. The van der Waals surface area contributed by atoms with Crippen LogP contribution in [0.1, 0.15) is 253 Å². The summed E-state index contributed by atoms with van der Waals surface area (Å²) in [6.45, 7) is 43.1. The maximum atomic E-state index is 14.9. The Kier molecular flexibility index (Phi) is 38.2. The van der Waals surface area contributed by atoms with Gasteiger partial charge in [0.2, 0.25) is 0 Å². The molecule has 0 N–H and O–H groups in total. The van der Waals surface area contributed by atoms with Gasteiger partial charge in [-0.15, -0.1) is 13.2 Å². The highest BCUT2D eigenvalue weighted by molar-refractivity contribution is 5.80. The average Bonchev–Trinajstić information content (AvgIpc) is 1.63. The molecule has 0 spiro atoms. The second-order valence-electron chi connectivity index (χ2n) is 40.0. The number of rotatable bonds is 37. The van der Waals surface area contributed by atoms with Crippen molar-refractivity contribution in [2.75, 3.05) is 28.4 Å². The number of allylic oxidation sites excluding steroid dienone is 4. The van der Waals surface area contributed by atoms with Crippen LogP contribution >= 0.6 is 0 Å². The van der Waals surface area contributed by atoms with Gasteiger partial charge in [0.15, 0.2) is 0 Å². The van der Waals surface area contributed by atoms with Crippen LogP contribution in [0.25, 0.3) is 44.5 Å². The van der Waals surface area contributed by atoms with E-state index in [1.165, 1.54) is 42.7 Å². The molecule has 12 nitrogen and oxygen atoms in total. The minimum absolute atomic E-state index is 0.00295. The van der Waals surface area contributed by atoms with Gasteiger partial charge in [-0.2, -0.15) is 0 Å². The van der Waals surface area contributed by atoms with Crippen molar-refractivity contribution in [1.29, 1.82) is 0 Å². The highest BCUT2D eigenvalue weighted by Crippen LogP contribution is 2.47. The maximum Gasteiger partial charge on any atom is 0.131 e. The molecule has 0 radical (unpaired) electrons. The third-order valence-corrected chi connectivity index (χ3v) is 24.7. The quantitative estimate of drug-likeness (QED) is 0.0270. The van der Waals surface area contributed by atoms with Crippen molar-refractivity contribution in [3.8, 4) is 90.5 Å². The summed E-state index contributed by atoms with van der Waals surface area (Å²) >= 11 is 0. The van der Waals surface area contributed by atoms with Crippen LogP contribution < -0.4 is 37.9 Å². The van der Waals surface area contributed by atoms with E-state index >= 15 is 0 Å². The average molecular weight is 1880 g/mol. The van der Waals surface area contributed by atoms with E-state index in [0.29, 0.717) is 109 Å². The van der Waals surface area contributed by atoms with Crippen LogP contribution in [-0.2, 0) is 67.3 Å². The number of Topliss-reactive ketones (excluding diaryl/α,β-unsaturated/α-hetero) is 4.